The SMILES string of the molecule is CCCCN(CC)C(=O)c1nn(-c2ccc(OC)cc2)c(=O)c2ccccc12. The number of unbranched alkanes of at least 4 members (excludes halogenated alkanes) is 1. The van der Waals surface area contributed by atoms with E-state index in [1.54, 1.807) is 54.5 Å². The van der Waals surface area contributed by atoms with Gasteiger partial charge in [0.15, 0.2) is 5.69 Å². The molecule has 0 atom stereocenters. The Hall–Kier alpha value is -3.15. The Balaban J connectivity index is 2.17. The van der Waals surface area contributed by atoms with Gasteiger partial charge < -0.3 is 9.64 Å². The molecule has 0 spiro atoms. The number of carbonyl (C=O) groups excluding carboxylic acids is 1. The van der Waals surface area contributed by atoms with Gasteiger partial charge in [-0.15, -0.1) is 0 Å². The number of fused-ring (bicyclic) bond motifs is 1. The van der Waals surface area contributed by atoms with E-state index in [0.29, 0.717) is 41.0 Å². The number of hydrogen-bond acceptors (Lipinski definition) is 4. The third kappa shape index (κ3) is 3.76. The van der Waals surface area contributed by atoms with E-state index in [4.69, 9.17) is 4.74 Å². The Labute approximate surface area is 164 Å². The summed E-state index contributed by atoms with van der Waals surface area (Å²) in [5.74, 6) is 0.528. The standard InChI is InChI=1S/C22H25N3O3/c1-4-6-15-24(5-2)22(27)20-18-9-7-8-10-19(18)21(26)25(23-20)16-11-13-17(28-3)14-12-16/h7-14H,4-6,15H2,1-3H3. The van der Waals surface area contributed by atoms with E-state index >= 15 is 0 Å². The highest BCUT2D eigenvalue weighted by molar-refractivity contribution is 6.04. The predicted octanol–water partition coefficient (Wildman–Crippen LogP) is 3.66. The number of rotatable bonds is 7. The second kappa shape index (κ2) is 8.69. The topological polar surface area (TPSA) is 64.4 Å². The van der Waals surface area contributed by atoms with Gasteiger partial charge in [-0.05, 0) is 43.7 Å². The molecular formula is C22H25N3O3. The van der Waals surface area contributed by atoms with Crippen molar-refractivity contribution >= 4 is 16.7 Å². The van der Waals surface area contributed by atoms with Crippen LogP contribution in [0.5, 0.6) is 5.75 Å². The fourth-order valence-corrected chi connectivity index (χ4v) is 3.15. The van der Waals surface area contributed by atoms with E-state index in [1.807, 2.05) is 13.0 Å². The summed E-state index contributed by atoms with van der Waals surface area (Å²) in [6.45, 7) is 5.31. The first-order valence-corrected chi connectivity index (χ1v) is 9.56. The largest absolute Gasteiger partial charge is 0.497 e. The maximum atomic E-state index is 13.2. The second-order valence-corrected chi connectivity index (χ2v) is 6.55. The predicted molar refractivity (Wildman–Crippen MR) is 110 cm³/mol. The minimum absolute atomic E-state index is 0.158. The smallest absolute Gasteiger partial charge is 0.279 e. The molecule has 1 heterocycles. The van der Waals surface area contributed by atoms with Crippen LogP contribution in [0, 0.1) is 0 Å². The normalized spacial score (nSPS) is 10.8. The van der Waals surface area contributed by atoms with Crippen molar-refractivity contribution in [2.45, 2.75) is 26.7 Å². The second-order valence-electron chi connectivity index (χ2n) is 6.55. The summed E-state index contributed by atoms with van der Waals surface area (Å²) in [5.41, 5.74) is 0.625. The van der Waals surface area contributed by atoms with Crippen LogP contribution in [0.2, 0.25) is 0 Å². The Kier molecular flexibility index (Phi) is 6.09. The number of benzene rings is 2. The molecule has 0 aliphatic heterocycles. The molecule has 0 saturated carbocycles. The first kappa shape index (κ1) is 19.6. The van der Waals surface area contributed by atoms with Gasteiger partial charge in [-0.3, -0.25) is 9.59 Å². The molecule has 0 aliphatic carbocycles. The molecule has 3 aromatic rings. The highest BCUT2D eigenvalue weighted by Gasteiger charge is 2.21. The average Bonchev–Trinajstić information content (AvgIpc) is 2.74. The molecule has 146 valence electrons. The summed E-state index contributed by atoms with van der Waals surface area (Å²) in [6, 6.07) is 14.2. The van der Waals surface area contributed by atoms with Crippen LogP contribution in [-0.2, 0) is 0 Å². The number of ether oxygens (including phenoxy) is 1. The Morgan fingerprint density at radius 2 is 1.75 bits per heavy atom. The quantitative estimate of drug-likeness (QED) is 0.628. The number of methoxy groups -OCH3 is 1. The van der Waals surface area contributed by atoms with Crippen LogP contribution in [-0.4, -0.2) is 40.8 Å². The fraction of sp³-hybridized carbons (Fsp3) is 0.318. The van der Waals surface area contributed by atoms with Gasteiger partial charge in [0.2, 0.25) is 0 Å². The molecule has 1 aromatic heterocycles. The Morgan fingerprint density at radius 1 is 1.07 bits per heavy atom. The van der Waals surface area contributed by atoms with Crippen molar-refractivity contribution in [3.05, 3.63) is 64.6 Å². The monoisotopic (exact) mass is 379 g/mol. The highest BCUT2D eigenvalue weighted by atomic mass is 16.5. The molecule has 0 unspecified atom stereocenters. The molecule has 0 aliphatic rings. The van der Waals surface area contributed by atoms with Crippen LogP contribution in [0.4, 0.5) is 0 Å². The van der Waals surface area contributed by atoms with Crippen LogP contribution < -0.4 is 10.3 Å². The molecule has 0 bridgehead atoms. The van der Waals surface area contributed by atoms with E-state index in [2.05, 4.69) is 12.0 Å². The molecule has 6 heteroatoms. The van der Waals surface area contributed by atoms with Crippen LogP contribution in [0.1, 0.15) is 37.2 Å². The zero-order valence-corrected chi connectivity index (χ0v) is 16.5. The van der Waals surface area contributed by atoms with E-state index in [-0.39, 0.29) is 11.5 Å². The molecule has 0 saturated heterocycles. The van der Waals surface area contributed by atoms with Gasteiger partial charge in [-0.1, -0.05) is 31.5 Å². The van der Waals surface area contributed by atoms with Crippen molar-refractivity contribution in [2.75, 3.05) is 20.2 Å². The Morgan fingerprint density at radius 3 is 2.36 bits per heavy atom. The molecule has 2 aromatic carbocycles. The summed E-state index contributed by atoms with van der Waals surface area (Å²) < 4.78 is 6.48. The van der Waals surface area contributed by atoms with Crippen LogP contribution in [0.3, 0.4) is 0 Å². The molecule has 0 N–H and O–H groups in total. The number of amides is 1. The van der Waals surface area contributed by atoms with E-state index in [9.17, 15) is 9.59 Å². The molecule has 28 heavy (non-hydrogen) atoms. The van der Waals surface area contributed by atoms with Crippen molar-refractivity contribution in [1.29, 1.82) is 0 Å². The summed E-state index contributed by atoms with van der Waals surface area (Å²) >= 11 is 0. The van der Waals surface area contributed by atoms with Crippen molar-refractivity contribution in [1.82, 2.24) is 14.7 Å². The van der Waals surface area contributed by atoms with Crippen LogP contribution >= 0.6 is 0 Å². The van der Waals surface area contributed by atoms with Gasteiger partial charge in [0.25, 0.3) is 11.5 Å². The summed E-state index contributed by atoms with van der Waals surface area (Å²) in [7, 11) is 1.59. The number of hydrogen-bond donors (Lipinski definition) is 0. The lowest BCUT2D eigenvalue weighted by Crippen LogP contribution is -2.34. The van der Waals surface area contributed by atoms with Gasteiger partial charge in [-0.25, -0.2) is 0 Å². The van der Waals surface area contributed by atoms with Crippen molar-refractivity contribution < 1.29 is 9.53 Å². The van der Waals surface area contributed by atoms with E-state index in [0.717, 1.165) is 12.8 Å². The molecule has 0 radical (unpaired) electrons. The lowest BCUT2D eigenvalue weighted by Gasteiger charge is -2.21. The van der Waals surface area contributed by atoms with E-state index < -0.39 is 0 Å². The van der Waals surface area contributed by atoms with Gasteiger partial charge in [0.1, 0.15) is 5.75 Å². The number of carbonyl (C=O) groups is 1. The maximum absolute atomic E-state index is 13.2. The lowest BCUT2D eigenvalue weighted by molar-refractivity contribution is 0.0756. The molecule has 3 rings (SSSR count). The molecular weight excluding hydrogens is 354 g/mol. The van der Waals surface area contributed by atoms with Gasteiger partial charge in [0, 0.05) is 18.5 Å². The summed E-state index contributed by atoms with van der Waals surface area (Å²) in [6.07, 6.45) is 1.93. The minimum atomic E-state index is -0.256. The van der Waals surface area contributed by atoms with Crippen molar-refractivity contribution in [3.63, 3.8) is 0 Å². The third-order valence-electron chi connectivity index (χ3n) is 4.78. The van der Waals surface area contributed by atoms with Crippen LogP contribution in [0.15, 0.2) is 53.3 Å². The molecule has 0 fully saturated rings. The summed E-state index contributed by atoms with van der Waals surface area (Å²) in [4.78, 5) is 28.0. The van der Waals surface area contributed by atoms with Gasteiger partial charge in [-0.2, -0.15) is 9.78 Å². The van der Waals surface area contributed by atoms with E-state index in [1.165, 1.54) is 4.68 Å². The zero-order chi connectivity index (χ0) is 20.1. The van der Waals surface area contributed by atoms with Crippen molar-refractivity contribution in [3.8, 4) is 11.4 Å². The first-order chi connectivity index (χ1) is 13.6. The fourth-order valence-electron chi connectivity index (χ4n) is 3.15. The van der Waals surface area contributed by atoms with Gasteiger partial charge >= 0.3 is 0 Å². The van der Waals surface area contributed by atoms with Crippen LogP contribution in [0.25, 0.3) is 16.5 Å². The van der Waals surface area contributed by atoms with Crippen molar-refractivity contribution in [2.24, 2.45) is 0 Å². The molecule has 1 amide bonds. The Bertz CT molecular complexity index is 1030. The summed E-state index contributed by atoms with van der Waals surface area (Å²) in [5, 5.41) is 5.53. The maximum Gasteiger partial charge on any atom is 0.279 e. The number of nitrogens with zero attached hydrogens (tertiary/aromatic N) is 3. The average molecular weight is 379 g/mol. The zero-order valence-electron chi connectivity index (χ0n) is 16.5. The first-order valence-electron chi connectivity index (χ1n) is 9.56. The minimum Gasteiger partial charge on any atom is -0.497 e. The molecule has 6 nitrogen and oxygen atoms in total. The highest BCUT2D eigenvalue weighted by Crippen LogP contribution is 2.18. The van der Waals surface area contributed by atoms with Gasteiger partial charge in [0.05, 0.1) is 18.2 Å². The number of aromatic nitrogens is 2. The third-order valence-corrected chi connectivity index (χ3v) is 4.78. The lowest BCUT2D eigenvalue weighted by atomic mass is 10.1.